The van der Waals surface area contributed by atoms with Crippen LogP contribution in [-0.4, -0.2) is 29.0 Å². The Bertz CT molecular complexity index is 1010. The maximum Gasteiger partial charge on any atom is 0.220 e. The summed E-state index contributed by atoms with van der Waals surface area (Å²) >= 11 is 0. The molecule has 2 N–H and O–H groups in total. The third kappa shape index (κ3) is 3.80. The number of piperidine rings is 1. The lowest BCUT2D eigenvalue weighted by atomic mass is 9.91. The van der Waals surface area contributed by atoms with Crippen molar-refractivity contribution in [2.75, 3.05) is 7.11 Å². The van der Waals surface area contributed by atoms with Crippen molar-refractivity contribution in [1.29, 1.82) is 0 Å². The second-order valence-electron chi connectivity index (χ2n) is 6.84. The van der Waals surface area contributed by atoms with Gasteiger partial charge in [-0.3, -0.25) is 14.8 Å². The van der Waals surface area contributed by atoms with Gasteiger partial charge in [0.05, 0.1) is 24.2 Å². The molecule has 144 valence electrons. The van der Waals surface area contributed by atoms with E-state index < -0.39 is 6.04 Å². The fourth-order valence-corrected chi connectivity index (χ4v) is 3.57. The van der Waals surface area contributed by atoms with Crippen LogP contribution in [0.3, 0.4) is 0 Å². The van der Waals surface area contributed by atoms with Crippen LogP contribution in [0.25, 0.3) is 11.0 Å². The topological polar surface area (TPSA) is 76.1 Å². The fraction of sp³-hybridized carbons (Fsp3) is 0.286. The van der Waals surface area contributed by atoms with Gasteiger partial charge in [-0.25, -0.2) is 4.39 Å². The monoisotopic (exact) mass is 380 g/mol. The number of hydrogen-bond donors (Lipinski definition) is 2. The van der Waals surface area contributed by atoms with Gasteiger partial charge in [-0.1, -0.05) is 6.07 Å². The number of halogens is 1. The van der Waals surface area contributed by atoms with Crippen LogP contribution >= 0.6 is 0 Å². The number of nitrogens with one attached hydrogen (secondary N) is 2. The first-order valence-corrected chi connectivity index (χ1v) is 9.20. The lowest BCUT2D eigenvalue weighted by molar-refractivity contribution is -0.123. The van der Waals surface area contributed by atoms with E-state index in [0.717, 1.165) is 16.6 Å². The van der Waals surface area contributed by atoms with Crippen LogP contribution in [0.2, 0.25) is 0 Å². The third-order valence-electron chi connectivity index (χ3n) is 5.04. The number of methoxy groups -OCH3 is 1. The zero-order valence-electron chi connectivity index (χ0n) is 15.5. The summed E-state index contributed by atoms with van der Waals surface area (Å²) in [5.41, 5.74) is 3.14. The van der Waals surface area contributed by atoms with Crippen molar-refractivity contribution in [2.45, 2.75) is 31.5 Å². The Morgan fingerprint density at radius 3 is 2.82 bits per heavy atom. The number of benzene rings is 2. The molecule has 6 nitrogen and oxygen atoms in total. The van der Waals surface area contributed by atoms with Crippen molar-refractivity contribution < 1.29 is 13.9 Å². The normalized spacial score (nSPS) is 19.4. The minimum atomic E-state index is -0.461. The Morgan fingerprint density at radius 2 is 2.00 bits per heavy atom. The average Bonchev–Trinajstić information content (AvgIpc) is 2.73. The Hall–Kier alpha value is -3.06. The van der Waals surface area contributed by atoms with Crippen LogP contribution in [0, 0.1) is 5.82 Å². The maximum atomic E-state index is 14.5. The van der Waals surface area contributed by atoms with Gasteiger partial charge in [0.2, 0.25) is 5.91 Å². The van der Waals surface area contributed by atoms with Gasteiger partial charge >= 0.3 is 0 Å². The summed E-state index contributed by atoms with van der Waals surface area (Å²) in [5, 5.41) is 6.39. The minimum Gasteiger partial charge on any atom is -0.497 e. The highest BCUT2D eigenvalue weighted by Crippen LogP contribution is 2.29. The smallest absolute Gasteiger partial charge is 0.220 e. The molecule has 1 aliphatic heterocycles. The van der Waals surface area contributed by atoms with E-state index >= 15 is 0 Å². The molecule has 0 saturated carbocycles. The molecule has 2 atom stereocenters. The molecular formula is C21H21FN4O2. The molecule has 1 aliphatic rings. The van der Waals surface area contributed by atoms with Gasteiger partial charge in [-0.15, -0.1) is 0 Å². The number of nitrogens with zero attached hydrogens (tertiary/aromatic N) is 2. The fourth-order valence-electron chi connectivity index (χ4n) is 3.57. The SMILES string of the molecule is COc1ccc(F)c([C@@H]2NC(=O)CC[C@H]2NCc2ccc3nccnc3c2)c1. The summed E-state index contributed by atoms with van der Waals surface area (Å²) in [4.78, 5) is 20.6. The van der Waals surface area contributed by atoms with Gasteiger partial charge in [0, 0.05) is 37.0 Å². The Balaban J connectivity index is 1.55. The van der Waals surface area contributed by atoms with Crippen molar-refractivity contribution in [2.24, 2.45) is 0 Å². The second kappa shape index (κ2) is 7.90. The molecule has 2 heterocycles. The summed E-state index contributed by atoms with van der Waals surface area (Å²) < 4.78 is 19.7. The van der Waals surface area contributed by atoms with E-state index in [1.807, 2.05) is 18.2 Å². The van der Waals surface area contributed by atoms with Crippen molar-refractivity contribution in [3.8, 4) is 5.75 Å². The first-order valence-electron chi connectivity index (χ1n) is 9.20. The van der Waals surface area contributed by atoms with Crippen molar-refractivity contribution in [3.63, 3.8) is 0 Å². The van der Waals surface area contributed by atoms with E-state index in [1.54, 1.807) is 24.5 Å². The molecule has 2 aromatic carbocycles. The third-order valence-corrected chi connectivity index (χ3v) is 5.04. The van der Waals surface area contributed by atoms with E-state index in [1.165, 1.54) is 13.2 Å². The number of ether oxygens (including phenoxy) is 1. The first-order chi connectivity index (χ1) is 13.6. The van der Waals surface area contributed by atoms with Gasteiger partial charge in [0.25, 0.3) is 0 Å². The molecule has 0 bridgehead atoms. The van der Waals surface area contributed by atoms with Gasteiger partial charge in [0.15, 0.2) is 0 Å². The summed E-state index contributed by atoms with van der Waals surface area (Å²) in [6, 6.07) is 9.93. The molecule has 0 radical (unpaired) electrons. The predicted molar refractivity (Wildman–Crippen MR) is 103 cm³/mol. The van der Waals surface area contributed by atoms with E-state index in [2.05, 4.69) is 20.6 Å². The zero-order valence-corrected chi connectivity index (χ0v) is 15.5. The zero-order chi connectivity index (χ0) is 19.5. The summed E-state index contributed by atoms with van der Waals surface area (Å²) in [6.07, 6.45) is 4.36. The average molecular weight is 380 g/mol. The molecule has 1 fully saturated rings. The molecule has 1 aromatic heterocycles. The molecule has 0 unspecified atom stereocenters. The van der Waals surface area contributed by atoms with Crippen molar-refractivity contribution in [3.05, 3.63) is 65.7 Å². The Kier molecular flexibility index (Phi) is 5.16. The highest BCUT2D eigenvalue weighted by molar-refractivity contribution is 5.77. The van der Waals surface area contributed by atoms with E-state index in [0.29, 0.717) is 30.7 Å². The highest BCUT2D eigenvalue weighted by atomic mass is 19.1. The number of carbonyl (C=O) groups is 1. The minimum absolute atomic E-state index is 0.0775. The maximum absolute atomic E-state index is 14.5. The lowest BCUT2D eigenvalue weighted by Gasteiger charge is -2.33. The molecule has 3 aromatic rings. The summed E-state index contributed by atoms with van der Waals surface area (Å²) in [6.45, 7) is 0.579. The van der Waals surface area contributed by atoms with Gasteiger partial charge < -0.3 is 15.4 Å². The molecule has 0 aliphatic carbocycles. The van der Waals surface area contributed by atoms with E-state index in [9.17, 15) is 9.18 Å². The standard InChI is InChI=1S/C21H21FN4O2/c1-28-14-3-4-16(22)15(11-14)21-18(6-7-20(27)26-21)25-12-13-2-5-17-19(10-13)24-9-8-23-17/h2-5,8-11,18,21,25H,6-7,12H2,1H3,(H,26,27)/t18-,21+/m1/s1. The molecule has 1 amide bonds. The molecule has 1 saturated heterocycles. The highest BCUT2D eigenvalue weighted by Gasteiger charge is 2.31. The van der Waals surface area contributed by atoms with Gasteiger partial charge in [-0.05, 0) is 42.3 Å². The lowest BCUT2D eigenvalue weighted by Crippen LogP contribution is -2.48. The van der Waals surface area contributed by atoms with E-state index in [4.69, 9.17) is 4.74 Å². The molecule has 0 spiro atoms. The number of amides is 1. The summed E-state index contributed by atoms with van der Waals surface area (Å²) in [7, 11) is 1.54. The summed E-state index contributed by atoms with van der Waals surface area (Å²) in [5.74, 6) is 0.120. The quantitative estimate of drug-likeness (QED) is 0.712. The number of carbonyl (C=O) groups excluding carboxylic acids is 1. The van der Waals surface area contributed by atoms with Crippen LogP contribution in [-0.2, 0) is 11.3 Å². The Morgan fingerprint density at radius 1 is 1.18 bits per heavy atom. The number of rotatable bonds is 5. The number of fused-ring (bicyclic) bond motifs is 1. The molecule has 7 heteroatoms. The van der Waals surface area contributed by atoms with Gasteiger partial charge in [-0.2, -0.15) is 0 Å². The largest absolute Gasteiger partial charge is 0.497 e. The number of aromatic nitrogens is 2. The van der Waals surface area contributed by atoms with Crippen molar-refractivity contribution in [1.82, 2.24) is 20.6 Å². The van der Waals surface area contributed by atoms with Crippen LogP contribution in [0.1, 0.15) is 30.0 Å². The Labute approximate surface area is 162 Å². The van der Waals surface area contributed by atoms with Crippen LogP contribution in [0.15, 0.2) is 48.8 Å². The van der Waals surface area contributed by atoms with Crippen molar-refractivity contribution >= 4 is 16.9 Å². The second-order valence-corrected chi connectivity index (χ2v) is 6.84. The van der Waals surface area contributed by atoms with Crippen LogP contribution in [0.5, 0.6) is 5.75 Å². The molecular weight excluding hydrogens is 359 g/mol. The number of hydrogen-bond acceptors (Lipinski definition) is 5. The van der Waals surface area contributed by atoms with Crippen LogP contribution < -0.4 is 15.4 Å². The van der Waals surface area contributed by atoms with Gasteiger partial charge in [0.1, 0.15) is 11.6 Å². The van der Waals surface area contributed by atoms with Crippen LogP contribution in [0.4, 0.5) is 4.39 Å². The predicted octanol–water partition coefficient (Wildman–Crippen LogP) is 2.89. The molecule has 4 rings (SSSR count). The first kappa shape index (κ1) is 18.3. The molecule has 28 heavy (non-hydrogen) atoms. The van der Waals surface area contributed by atoms with E-state index in [-0.39, 0.29) is 17.8 Å².